The van der Waals surface area contributed by atoms with E-state index in [1.807, 2.05) is 42.9 Å². The number of ether oxygens (including phenoxy) is 1. The zero-order valence-electron chi connectivity index (χ0n) is 10.8. The van der Waals surface area contributed by atoms with Gasteiger partial charge in [-0.15, -0.1) is 0 Å². The summed E-state index contributed by atoms with van der Waals surface area (Å²) >= 11 is 0. The van der Waals surface area contributed by atoms with E-state index < -0.39 is 0 Å². The number of nitrogens with zero attached hydrogens (tertiary/aromatic N) is 1. The Morgan fingerprint density at radius 1 is 1.39 bits per heavy atom. The van der Waals surface area contributed by atoms with Crippen LogP contribution in [0.25, 0.3) is 10.9 Å². The number of benzene rings is 1. The van der Waals surface area contributed by atoms with Gasteiger partial charge in [-0.1, -0.05) is 18.2 Å². The minimum Gasteiger partial charge on any atom is -0.465 e. The molecule has 0 saturated carbocycles. The van der Waals surface area contributed by atoms with Crippen LogP contribution in [0.5, 0.6) is 0 Å². The predicted molar refractivity (Wildman–Crippen MR) is 71.3 cm³/mol. The summed E-state index contributed by atoms with van der Waals surface area (Å²) in [6, 6.07) is 8.08. The van der Waals surface area contributed by atoms with Crippen LogP contribution in [0.4, 0.5) is 0 Å². The highest BCUT2D eigenvalue weighted by atomic mass is 16.5. The molecule has 2 rings (SSSR count). The first-order chi connectivity index (χ1) is 8.76. The average molecular weight is 246 g/mol. The van der Waals surface area contributed by atoms with E-state index >= 15 is 0 Å². The molecule has 1 aromatic heterocycles. The van der Waals surface area contributed by atoms with E-state index in [9.17, 15) is 4.79 Å². The third kappa shape index (κ3) is 2.54. The summed E-state index contributed by atoms with van der Waals surface area (Å²) < 4.78 is 6.93. The van der Waals surface area contributed by atoms with Gasteiger partial charge in [0.25, 0.3) is 0 Å². The lowest BCUT2D eigenvalue weighted by Crippen LogP contribution is -2.12. The first-order valence-electron chi connectivity index (χ1n) is 6.13. The fourth-order valence-electron chi connectivity index (χ4n) is 2.13. The molecule has 0 saturated heterocycles. The molecule has 0 spiro atoms. The fourth-order valence-corrected chi connectivity index (χ4v) is 2.13. The van der Waals surface area contributed by atoms with Gasteiger partial charge in [0.1, 0.15) is 6.54 Å². The van der Waals surface area contributed by atoms with Crippen molar-refractivity contribution in [2.75, 3.05) is 13.7 Å². The van der Waals surface area contributed by atoms with Crippen LogP contribution in [0.2, 0.25) is 0 Å². The molecule has 4 nitrogen and oxygen atoms in total. The lowest BCUT2D eigenvalue weighted by molar-refractivity contribution is -0.143. The van der Waals surface area contributed by atoms with E-state index in [0.717, 1.165) is 12.1 Å². The van der Waals surface area contributed by atoms with Crippen LogP contribution < -0.4 is 5.32 Å². The second-order valence-electron chi connectivity index (χ2n) is 4.13. The molecule has 0 unspecified atom stereocenters. The van der Waals surface area contributed by atoms with E-state index in [2.05, 4.69) is 11.4 Å². The van der Waals surface area contributed by atoms with E-state index in [0.29, 0.717) is 6.61 Å². The lowest BCUT2D eigenvalue weighted by atomic mass is 10.2. The van der Waals surface area contributed by atoms with Crippen molar-refractivity contribution < 1.29 is 9.53 Å². The number of nitrogens with one attached hydrogen (secondary N) is 1. The predicted octanol–water partition coefficient (Wildman–Crippen LogP) is 1.92. The summed E-state index contributed by atoms with van der Waals surface area (Å²) in [7, 11) is 1.91. The summed E-state index contributed by atoms with van der Waals surface area (Å²) in [4.78, 5) is 11.6. The molecule has 0 atom stereocenters. The Bertz CT molecular complexity index is 546. The fraction of sp³-hybridized carbons (Fsp3) is 0.357. The number of hydrogen-bond acceptors (Lipinski definition) is 3. The van der Waals surface area contributed by atoms with Crippen LogP contribution in [-0.4, -0.2) is 24.2 Å². The molecule has 0 radical (unpaired) electrons. The molecule has 96 valence electrons. The molecule has 0 aliphatic rings. The first kappa shape index (κ1) is 12.6. The Hall–Kier alpha value is -1.81. The van der Waals surface area contributed by atoms with Crippen LogP contribution in [0.15, 0.2) is 30.5 Å². The van der Waals surface area contributed by atoms with E-state index in [-0.39, 0.29) is 12.5 Å². The highest BCUT2D eigenvalue weighted by molar-refractivity contribution is 5.85. The van der Waals surface area contributed by atoms with Crippen molar-refractivity contribution in [1.82, 2.24) is 9.88 Å². The van der Waals surface area contributed by atoms with E-state index in [1.54, 1.807) is 0 Å². The molecule has 4 heteroatoms. The molecule has 1 aromatic carbocycles. The minimum atomic E-state index is -0.200. The topological polar surface area (TPSA) is 43.3 Å². The number of carbonyl (C=O) groups excluding carboxylic acids is 1. The van der Waals surface area contributed by atoms with Gasteiger partial charge in [0.05, 0.1) is 6.61 Å². The quantitative estimate of drug-likeness (QED) is 0.820. The first-order valence-corrected chi connectivity index (χ1v) is 6.13. The van der Waals surface area contributed by atoms with Gasteiger partial charge in [-0.05, 0) is 25.6 Å². The zero-order chi connectivity index (χ0) is 13.0. The number of fused-ring (bicyclic) bond motifs is 1. The molecule has 0 aliphatic heterocycles. The monoisotopic (exact) mass is 246 g/mol. The number of carbonyl (C=O) groups is 1. The Labute approximate surface area is 107 Å². The molecule has 0 aliphatic carbocycles. The maximum absolute atomic E-state index is 11.6. The highest BCUT2D eigenvalue weighted by Crippen LogP contribution is 2.21. The van der Waals surface area contributed by atoms with Crippen molar-refractivity contribution in [3.05, 3.63) is 36.0 Å². The van der Waals surface area contributed by atoms with Crippen LogP contribution in [0.3, 0.4) is 0 Å². The highest BCUT2D eigenvalue weighted by Gasteiger charge is 2.10. The van der Waals surface area contributed by atoms with Gasteiger partial charge in [-0.2, -0.15) is 0 Å². The van der Waals surface area contributed by atoms with Gasteiger partial charge in [0, 0.05) is 23.6 Å². The maximum Gasteiger partial charge on any atom is 0.325 e. The Morgan fingerprint density at radius 3 is 2.89 bits per heavy atom. The van der Waals surface area contributed by atoms with Gasteiger partial charge in [0.2, 0.25) is 0 Å². The zero-order valence-corrected chi connectivity index (χ0v) is 10.8. The van der Waals surface area contributed by atoms with Crippen LogP contribution in [0.1, 0.15) is 12.5 Å². The molecule has 2 aromatic rings. The number of para-hydroxylation sites is 1. The maximum atomic E-state index is 11.6. The summed E-state index contributed by atoms with van der Waals surface area (Å²) in [6.07, 6.45) is 2.01. The SMILES string of the molecule is CCOC(=O)Cn1cc(CNC)c2ccccc21. The van der Waals surface area contributed by atoms with E-state index in [4.69, 9.17) is 4.74 Å². The third-order valence-electron chi connectivity index (χ3n) is 2.84. The van der Waals surface area contributed by atoms with E-state index in [1.165, 1.54) is 10.9 Å². The molecule has 0 fully saturated rings. The molecular formula is C14H18N2O2. The normalized spacial score (nSPS) is 10.8. The van der Waals surface area contributed by atoms with Gasteiger partial charge >= 0.3 is 5.97 Å². The molecule has 18 heavy (non-hydrogen) atoms. The molecular weight excluding hydrogens is 228 g/mol. The van der Waals surface area contributed by atoms with Crippen molar-refractivity contribution in [3.8, 4) is 0 Å². The van der Waals surface area contributed by atoms with Crippen LogP contribution >= 0.6 is 0 Å². The number of hydrogen-bond donors (Lipinski definition) is 1. The summed E-state index contributed by atoms with van der Waals surface area (Å²) in [5.41, 5.74) is 2.26. The van der Waals surface area contributed by atoms with Crippen molar-refractivity contribution in [3.63, 3.8) is 0 Å². The van der Waals surface area contributed by atoms with Crippen molar-refractivity contribution in [2.45, 2.75) is 20.0 Å². The van der Waals surface area contributed by atoms with Gasteiger partial charge in [-0.25, -0.2) is 0 Å². The summed E-state index contributed by atoms with van der Waals surface area (Å²) in [5, 5.41) is 4.32. The van der Waals surface area contributed by atoms with Crippen LogP contribution in [0, 0.1) is 0 Å². The molecule has 1 heterocycles. The molecule has 1 N–H and O–H groups in total. The lowest BCUT2D eigenvalue weighted by Gasteiger charge is -2.04. The number of aromatic nitrogens is 1. The Kier molecular flexibility index (Phi) is 3.99. The third-order valence-corrected chi connectivity index (χ3v) is 2.84. The van der Waals surface area contributed by atoms with Crippen LogP contribution in [-0.2, 0) is 22.6 Å². The van der Waals surface area contributed by atoms with Crippen molar-refractivity contribution in [1.29, 1.82) is 0 Å². The minimum absolute atomic E-state index is 0.200. The molecule has 0 bridgehead atoms. The molecule has 0 amide bonds. The Balaban J connectivity index is 2.35. The van der Waals surface area contributed by atoms with Gasteiger partial charge in [-0.3, -0.25) is 4.79 Å². The second-order valence-corrected chi connectivity index (χ2v) is 4.13. The summed E-state index contributed by atoms with van der Waals surface area (Å²) in [6.45, 7) is 3.29. The number of esters is 1. The van der Waals surface area contributed by atoms with Gasteiger partial charge in [0.15, 0.2) is 0 Å². The van der Waals surface area contributed by atoms with Gasteiger partial charge < -0.3 is 14.6 Å². The summed E-state index contributed by atoms with van der Waals surface area (Å²) in [5.74, 6) is -0.200. The number of rotatable bonds is 5. The smallest absolute Gasteiger partial charge is 0.325 e. The standard InChI is InChI=1S/C14H18N2O2/c1-3-18-14(17)10-16-9-11(8-15-2)12-6-4-5-7-13(12)16/h4-7,9,15H,3,8,10H2,1-2H3. The largest absolute Gasteiger partial charge is 0.465 e. The van der Waals surface area contributed by atoms with Crippen molar-refractivity contribution >= 4 is 16.9 Å². The second kappa shape index (κ2) is 5.69. The average Bonchev–Trinajstić information content (AvgIpc) is 2.69. The van der Waals surface area contributed by atoms with Crippen molar-refractivity contribution in [2.24, 2.45) is 0 Å². The Morgan fingerprint density at radius 2 is 2.17 bits per heavy atom.